The van der Waals surface area contributed by atoms with Gasteiger partial charge in [-0.15, -0.1) is 0 Å². The molecule has 0 unspecified atom stereocenters. The number of esters is 2. The van der Waals surface area contributed by atoms with Gasteiger partial charge in [0.25, 0.3) is 5.91 Å². The van der Waals surface area contributed by atoms with Gasteiger partial charge in [-0.25, -0.2) is 9.78 Å². The lowest BCUT2D eigenvalue weighted by Gasteiger charge is -2.33. The molecule has 10 heteroatoms. The van der Waals surface area contributed by atoms with Gasteiger partial charge in [-0.3, -0.25) is 9.59 Å². The number of pyridine rings is 1. The predicted molar refractivity (Wildman–Crippen MR) is 135 cm³/mol. The van der Waals surface area contributed by atoms with Gasteiger partial charge in [-0.05, 0) is 30.9 Å². The van der Waals surface area contributed by atoms with Crippen molar-refractivity contribution in [1.82, 2.24) is 10.3 Å². The minimum Gasteiger partial charge on any atom is -0.493 e. The summed E-state index contributed by atoms with van der Waals surface area (Å²) in [6.07, 6.45) is 0.387. The fourth-order valence-electron chi connectivity index (χ4n) is 3.45. The molecule has 0 spiro atoms. The van der Waals surface area contributed by atoms with E-state index in [9.17, 15) is 14.4 Å². The maximum Gasteiger partial charge on any atom is 0.328 e. The van der Waals surface area contributed by atoms with E-state index in [4.69, 9.17) is 23.7 Å². The van der Waals surface area contributed by atoms with E-state index in [2.05, 4.69) is 10.3 Å². The maximum absolute atomic E-state index is 13.0. The van der Waals surface area contributed by atoms with E-state index in [-0.39, 0.29) is 29.0 Å². The molecule has 0 aliphatic rings. The van der Waals surface area contributed by atoms with Gasteiger partial charge in [0, 0.05) is 19.2 Å². The molecule has 0 radical (unpaired) electrons. The fourth-order valence-corrected chi connectivity index (χ4v) is 3.45. The van der Waals surface area contributed by atoms with E-state index < -0.39 is 42.9 Å². The molecule has 10 nitrogen and oxygen atoms in total. The highest BCUT2D eigenvalue weighted by Crippen LogP contribution is 2.30. The Morgan fingerprint density at radius 2 is 1.59 bits per heavy atom. The van der Waals surface area contributed by atoms with E-state index in [1.165, 1.54) is 33.2 Å². The zero-order valence-electron chi connectivity index (χ0n) is 22.3. The average molecular weight is 517 g/mol. The molecule has 1 N–H and O–H groups in total. The smallest absolute Gasteiger partial charge is 0.328 e. The molecule has 0 bridgehead atoms. The van der Waals surface area contributed by atoms with Crippen molar-refractivity contribution in [2.45, 2.75) is 59.8 Å². The zero-order valence-corrected chi connectivity index (χ0v) is 22.3. The highest BCUT2D eigenvalue weighted by atomic mass is 16.7. The number of aromatic nitrogens is 1. The van der Waals surface area contributed by atoms with Crippen molar-refractivity contribution >= 4 is 17.8 Å². The van der Waals surface area contributed by atoms with Crippen LogP contribution in [-0.2, 0) is 19.1 Å². The summed E-state index contributed by atoms with van der Waals surface area (Å²) >= 11 is 0. The summed E-state index contributed by atoms with van der Waals surface area (Å²) in [5, 5.41) is 2.59. The molecular weight excluding hydrogens is 480 g/mol. The molecule has 2 aromatic rings. The van der Waals surface area contributed by atoms with E-state index in [0.29, 0.717) is 5.75 Å². The van der Waals surface area contributed by atoms with Crippen molar-refractivity contribution in [2.75, 3.05) is 13.9 Å². The Morgan fingerprint density at radius 3 is 2.16 bits per heavy atom. The Labute approximate surface area is 217 Å². The first kappa shape index (κ1) is 29.4. The molecule has 1 heterocycles. The number of benzene rings is 1. The van der Waals surface area contributed by atoms with Crippen LogP contribution in [0.2, 0.25) is 0 Å². The lowest BCUT2D eigenvalue weighted by atomic mass is 9.93. The van der Waals surface area contributed by atoms with Crippen LogP contribution < -0.4 is 19.5 Å². The maximum atomic E-state index is 13.0. The molecule has 0 aliphatic carbocycles. The molecule has 0 aliphatic heterocycles. The van der Waals surface area contributed by atoms with Gasteiger partial charge in [-0.1, -0.05) is 45.9 Å². The number of nitrogens with one attached hydrogen (secondary N) is 1. The molecule has 202 valence electrons. The van der Waals surface area contributed by atoms with Crippen LogP contribution in [0.15, 0.2) is 42.6 Å². The summed E-state index contributed by atoms with van der Waals surface area (Å²) in [5.74, 6) is -1.02. The molecular formula is C27H36N2O8. The first-order chi connectivity index (χ1) is 17.5. The number of carbonyl (C=O) groups is 3. The Morgan fingerprint density at radius 1 is 0.946 bits per heavy atom. The predicted octanol–water partition coefficient (Wildman–Crippen LogP) is 3.78. The molecule has 2 rings (SSSR count). The van der Waals surface area contributed by atoms with Crippen molar-refractivity contribution in [3.05, 3.63) is 48.3 Å². The molecule has 37 heavy (non-hydrogen) atoms. The van der Waals surface area contributed by atoms with Crippen LogP contribution in [0.5, 0.6) is 17.2 Å². The van der Waals surface area contributed by atoms with Crippen molar-refractivity contribution in [3.63, 3.8) is 0 Å². The monoisotopic (exact) mass is 516 g/mol. The molecule has 1 aromatic heterocycles. The number of nitrogens with zero attached hydrogens (tertiary/aromatic N) is 1. The second-order valence-corrected chi connectivity index (χ2v) is 9.07. The largest absolute Gasteiger partial charge is 0.493 e. The first-order valence-corrected chi connectivity index (χ1v) is 12.1. The summed E-state index contributed by atoms with van der Waals surface area (Å²) < 4.78 is 27.5. The number of carbonyl (C=O) groups excluding carboxylic acids is 3. The normalized spacial score (nSPS) is 13.3. The highest BCUT2D eigenvalue weighted by Gasteiger charge is 2.34. The Bertz CT molecular complexity index is 1040. The molecule has 0 fully saturated rings. The second kappa shape index (κ2) is 14.1. The van der Waals surface area contributed by atoms with Gasteiger partial charge in [0.05, 0.1) is 7.11 Å². The third-order valence-electron chi connectivity index (χ3n) is 5.38. The number of para-hydroxylation sites is 1. The van der Waals surface area contributed by atoms with Crippen LogP contribution in [0.4, 0.5) is 0 Å². The van der Waals surface area contributed by atoms with E-state index >= 15 is 0 Å². The summed E-state index contributed by atoms with van der Waals surface area (Å²) in [4.78, 5) is 41.2. The number of methoxy groups -OCH3 is 1. The third kappa shape index (κ3) is 8.66. The molecule has 1 amide bonds. The van der Waals surface area contributed by atoms with Crippen LogP contribution in [0.3, 0.4) is 0 Å². The summed E-state index contributed by atoms with van der Waals surface area (Å²) in [6.45, 7) is 10.2. The van der Waals surface area contributed by atoms with E-state index in [1.807, 2.05) is 58.0 Å². The third-order valence-corrected chi connectivity index (χ3v) is 5.38. The van der Waals surface area contributed by atoms with Crippen LogP contribution in [0, 0.1) is 11.8 Å². The number of hydrogen-bond donors (Lipinski definition) is 1. The molecule has 1 aromatic carbocycles. The summed E-state index contributed by atoms with van der Waals surface area (Å²) in [7, 11) is 1.39. The fraction of sp³-hybridized carbons (Fsp3) is 0.481. The second-order valence-electron chi connectivity index (χ2n) is 9.07. The lowest BCUT2D eigenvalue weighted by molar-refractivity contribution is -0.161. The number of ether oxygens (including phenoxy) is 5. The summed E-state index contributed by atoms with van der Waals surface area (Å²) in [6, 6.07) is 9.82. The zero-order chi connectivity index (χ0) is 27.5. The highest BCUT2D eigenvalue weighted by molar-refractivity contribution is 5.98. The van der Waals surface area contributed by atoms with Crippen molar-refractivity contribution < 1.29 is 38.1 Å². The Hall–Kier alpha value is -3.82. The van der Waals surface area contributed by atoms with Gasteiger partial charge in [0.2, 0.25) is 6.79 Å². The van der Waals surface area contributed by atoms with Gasteiger partial charge in [0.15, 0.2) is 17.2 Å². The van der Waals surface area contributed by atoms with Gasteiger partial charge >= 0.3 is 11.9 Å². The molecule has 3 atom stereocenters. The van der Waals surface area contributed by atoms with Gasteiger partial charge in [-0.2, -0.15) is 0 Å². The van der Waals surface area contributed by atoms with Gasteiger partial charge < -0.3 is 29.0 Å². The minimum absolute atomic E-state index is 0.0273. The quantitative estimate of drug-likeness (QED) is 0.313. The van der Waals surface area contributed by atoms with Crippen LogP contribution in [0.1, 0.15) is 52.0 Å². The van der Waals surface area contributed by atoms with Crippen molar-refractivity contribution in [1.29, 1.82) is 0 Å². The van der Waals surface area contributed by atoms with Crippen molar-refractivity contribution in [2.24, 2.45) is 11.8 Å². The van der Waals surface area contributed by atoms with Gasteiger partial charge in [0.1, 0.15) is 24.0 Å². The van der Waals surface area contributed by atoms with Crippen LogP contribution >= 0.6 is 0 Å². The topological polar surface area (TPSA) is 122 Å². The van der Waals surface area contributed by atoms with Crippen molar-refractivity contribution in [3.8, 4) is 17.2 Å². The number of hydrogen-bond acceptors (Lipinski definition) is 9. The first-order valence-electron chi connectivity index (χ1n) is 12.1. The standard InChI is InChI=1S/C27H36N2O8/c1-16(2)23(36-20-11-9-8-10-12-20)24(17(3)4)37-27(32)18(5)29-26(31)22-25(35-15-34-19(6)30)21(33-7)13-14-28-22/h8-14,16-18,23-24H,15H2,1-7H3,(H,29,31)/t18-,23+,24+/m0/s1. The Balaban J connectivity index is 2.15. The van der Waals surface area contributed by atoms with Crippen LogP contribution in [-0.4, -0.2) is 55.0 Å². The van der Waals surface area contributed by atoms with Crippen LogP contribution in [0.25, 0.3) is 0 Å². The Kier molecular flexibility index (Phi) is 11.2. The average Bonchev–Trinajstić information content (AvgIpc) is 2.85. The minimum atomic E-state index is -1.01. The molecule has 0 saturated heterocycles. The van der Waals surface area contributed by atoms with E-state index in [1.54, 1.807) is 0 Å². The SMILES string of the molecule is COc1ccnc(C(=O)N[C@@H](C)C(=O)O[C@H](C(C)C)[C@H](Oc2ccccc2)C(C)C)c1OCOC(C)=O. The van der Waals surface area contributed by atoms with E-state index in [0.717, 1.165) is 0 Å². The number of amides is 1. The lowest BCUT2D eigenvalue weighted by Crippen LogP contribution is -2.47. The summed E-state index contributed by atoms with van der Waals surface area (Å²) in [5.41, 5.74) is -0.140. The molecule has 0 saturated carbocycles. The number of rotatable bonds is 13.